The van der Waals surface area contributed by atoms with Crippen LogP contribution in [0, 0.1) is 5.41 Å². The number of ether oxygens (including phenoxy) is 2. The summed E-state index contributed by atoms with van der Waals surface area (Å²) in [7, 11) is 0. The van der Waals surface area contributed by atoms with Crippen LogP contribution < -0.4 is 10.5 Å². The summed E-state index contributed by atoms with van der Waals surface area (Å²) in [6, 6.07) is 3.16. The highest BCUT2D eigenvalue weighted by Gasteiger charge is 2.34. The van der Waals surface area contributed by atoms with Gasteiger partial charge in [0.1, 0.15) is 18.2 Å². The third-order valence-electron chi connectivity index (χ3n) is 2.29. The maximum absolute atomic E-state index is 12.7. The van der Waals surface area contributed by atoms with Crippen LogP contribution in [0.5, 0.6) is 5.75 Å². The van der Waals surface area contributed by atoms with Gasteiger partial charge >= 0.3 is 6.18 Å². The Labute approximate surface area is 108 Å². The molecule has 0 saturated heterocycles. The maximum Gasteiger partial charge on any atom is 0.417 e. The molecule has 0 radical (unpaired) electrons. The van der Waals surface area contributed by atoms with Crippen molar-refractivity contribution >= 4 is 5.84 Å². The minimum atomic E-state index is -4.55. The van der Waals surface area contributed by atoms with Crippen LogP contribution in [-0.2, 0) is 10.9 Å². The lowest BCUT2D eigenvalue weighted by Crippen LogP contribution is -2.19. The first kappa shape index (κ1) is 15.3. The van der Waals surface area contributed by atoms with Gasteiger partial charge in [0.05, 0.1) is 12.2 Å². The number of hydrogen-bond acceptors (Lipinski definition) is 3. The highest BCUT2D eigenvalue weighted by molar-refractivity contribution is 5.97. The fraction of sp³-hybridized carbons (Fsp3) is 0.417. The van der Waals surface area contributed by atoms with Gasteiger partial charge in [-0.15, -0.1) is 0 Å². The molecule has 0 bridgehead atoms. The van der Waals surface area contributed by atoms with Gasteiger partial charge < -0.3 is 15.2 Å². The van der Waals surface area contributed by atoms with Crippen molar-refractivity contribution in [3.05, 3.63) is 29.3 Å². The van der Waals surface area contributed by atoms with E-state index >= 15 is 0 Å². The van der Waals surface area contributed by atoms with E-state index in [0.717, 1.165) is 12.1 Å². The van der Waals surface area contributed by atoms with Gasteiger partial charge in [-0.25, -0.2) is 0 Å². The third kappa shape index (κ3) is 4.44. The first-order chi connectivity index (χ1) is 8.86. The van der Waals surface area contributed by atoms with E-state index < -0.39 is 17.6 Å². The van der Waals surface area contributed by atoms with E-state index in [0.29, 0.717) is 13.2 Å². The average molecular weight is 276 g/mol. The summed E-state index contributed by atoms with van der Waals surface area (Å²) in [5, 5.41) is 7.19. The second-order valence-electron chi connectivity index (χ2n) is 3.66. The van der Waals surface area contributed by atoms with Gasteiger partial charge in [0.2, 0.25) is 0 Å². The number of nitrogens with two attached hydrogens (primary N) is 1. The van der Waals surface area contributed by atoms with Gasteiger partial charge in [-0.05, 0) is 25.1 Å². The van der Waals surface area contributed by atoms with Gasteiger partial charge in [0, 0.05) is 12.2 Å². The molecule has 4 nitrogen and oxygen atoms in total. The zero-order chi connectivity index (χ0) is 14.5. The lowest BCUT2D eigenvalue weighted by molar-refractivity contribution is -0.137. The minimum absolute atomic E-state index is 0.219. The topological polar surface area (TPSA) is 68.3 Å². The molecule has 0 fully saturated rings. The molecule has 0 atom stereocenters. The largest absolute Gasteiger partial charge is 0.491 e. The Hall–Kier alpha value is -1.76. The molecule has 0 aliphatic rings. The summed E-state index contributed by atoms with van der Waals surface area (Å²) in [5.41, 5.74) is 3.82. The Morgan fingerprint density at radius 3 is 2.53 bits per heavy atom. The van der Waals surface area contributed by atoms with Gasteiger partial charge in [0.15, 0.2) is 0 Å². The van der Waals surface area contributed by atoms with Crippen molar-refractivity contribution in [1.29, 1.82) is 5.41 Å². The van der Waals surface area contributed by atoms with Crippen molar-refractivity contribution in [3.8, 4) is 5.75 Å². The number of rotatable bonds is 6. The smallest absolute Gasteiger partial charge is 0.417 e. The molecule has 1 aromatic rings. The van der Waals surface area contributed by atoms with Crippen molar-refractivity contribution in [2.75, 3.05) is 19.8 Å². The summed E-state index contributed by atoms with van der Waals surface area (Å²) < 4.78 is 48.3. The predicted octanol–water partition coefficient (Wildman–Crippen LogP) is 2.40. The molecule has 0 heterocycles. The number of nitrogen functional groups attached to an aromatic ring is 1. The van der Waals surface area contributed by atoms with Crippen molar-refractivity contribution in [2.45, 2.75) is 13.1 Å². The summed E-state index contributed by atoms with van der Waals surface area (Å²) in [6.45, 7) is 2.92. The molecule has 0 saturated carbocycles. The standard InChI is InChI=1S/C12H15F3N2O2/c1-2-18-5-6-19-8-3-4-10(12(13,14)15)9(7-8)11(16)17/h3-4,7H,2,5-6H2,1H3,(H3,16,17). The van der Waals surface area contributed by atoms with Gasteiger partial charge in [-0.2, -0.15) is 13.2 Å². The van der Waals surface area contributed by atoms with Crippen LogP contribution in [0.1, 0.15) is 18.1 Å². The molecular weight excluding hydrogens is 261 g/mol. The van der Waals surface area contributed by atoms with Crippen LogP contribution in [0.4, 0.5) is 13.2 Å². The van der Waals surface area contributed by atoms with Crippen molar-refractivity contribution in [2.24, 2.45) is 5.73 Å². The van der Waals surface area contributed by atoms with Crippen LogP contribution in [0.15, 0.2) is 18.2 Å². The molecule has 106 valence electrons. The first-order valence-electron chi connectivity index (χ1n) is 5.62. The molecule has 7 heteroatoms. The molecular formula is C12H15F3N2O2. The normalized spacial score (nSPS) is 11.4. The molecule has 1 rings (SSSR count). The zero-order valence-electron chi connectivity index (χ0n) is 10.4. The summed E-state index contributed by atoms with van der Waals surface area (Å²) in [5.74, 6) is -0.430. The Morgan fingerprint density at radius 1 is 1.32 bits per heavy atom. The molecule has 19 heavy (non-hydrogen) atoms. The maximum atomic E-state index is 12.7. The molecule has 0 amide bonds. The van der Waals surface area contributed by atoms with Crippen molar-refractivity contribution in [1.82, 2.24) is 0 Å². The average Bonchev–Trinajstić information content (AvgIpc) is 2.33. The monoisotopic (exact) mass is 276 g/mol. The van der Waals surface area contributed by atoms with E-state index in [1.165, 1.54) is 6.07 Å². The Morgan fingerprint density at radius 2 is 2.00 bits per heavy atom. The molecule has 0 spiro atoms. The molecule has 0 unspecified atom stereocenters. The fourth-order valence-electron chi connectivity index (χ4n) is 1.45. The van der Waals surface area contributed by atoms with Gasteiger partial charge in [0.25, 0.3) is 0 Å². The van der Waals surface area contributed by atoms with Crippen molar-refractivity contribution < 1.29 is 22.6 Å². The Kier molecular flexibility index (Phi) is 5.17. The van der Waals surface area contributed by atoms with Gasteiger partial charge in [-0.3, -0.25) is 5.41 Å². The second-order valence-corrected chi connectivity index (χ2v) is 3.66. The number of amidine groups is 1. The second kappa shape index (κ2) is 6.42. The SMILES string of the molecule is CCOCCOc1ccc(C(F)(F)F)c(C(=N)N)c1. The van der Waals surface area contributed by atoms with Gasteiger partial charge in [-0.1, -0.05) is 0 Å². The summed E-state index contributed by atoms with van der Waals surface area (Å²) in [6.07, 6.45) is -4.55. The van der Waals surface area contributed by atoms with E-state index in [4.69, 9.17) is 20.6 Å². The summed E-state index contributed by atoms with van der Waals surface area (Å²) in [4.78, 5) is 0. The van der Waals surface area contributed by atoms with E-state index in [-0.39, 0.29) is 17.9 Å². The van der Waals surface area contributed by atoms with E-state index in [2.05, 4.69) is 0 Å². The number of halogens is 3. The van der Waals surface area contributed by atoms with Crippen LogP contribution in [0.3, 0.4) is 0 Å². The first-order valence-corrected chi connectivity index (χ1v) is 5.62. The molecule has 0 aliphatic heterocycles. The highest BCUT2D eigenvalue weighted by Crippen LogP contribution is 2.33. The Bertz CT molecular complexity index is 447. The number of nitrogens with one attached hydrogen (secondary N) is 1. The number of hydrogen-bond donors (Lipinski definition) is 2. The van der Waals surface area contributed by atoms with Crippen LogP contribution >= 0.6 is 0 Å². The van der Waals surface area contributed by atoms with Crippen LogP contribution in [-0.4, -0.2) is 25.7 Å². The van der Waals surface area contributed by atoms with Crippen molar-refractivity contribution in [3.63, 3.8) is 0 Å². The molecule has 1 aromatic carbocycles. The molecule has 0 aromatic heterocycles. The number of benzene rings is 1. The van der Waals surface area contributed by atoms with E-state index in [9.17, 15) is 13.2 Å². The lowest BCUT2D eigenvalue weighted by Gasteiger charge is -2.14. The molecule has 0 aliphatic carbocycles. The summed E-state index contributed by atoms with van der Waals surface area (Å²) >= 11 is 0. The number of alkyl halides is 3. The third-order valence-corrected chi connectivity index (χ3v) is 2.29. The Balaban J connectivity index is 2.88. The molecule has 3 N–H and O–H groups in total. The van der Waals surface area contributed by atoms with Crippen LogP contribution in [0.25, 0.3) is 0 Å². The quantitative estimate of drug-likeness (QED) is 0.476. The highest BCUT2D eigenvalue weighted by atomic mass is 19.4. The van der Waals surface area contributed by atoms with E-state index in [1.807, 2.05) is 6.92 Å². The van der Waals surface area contributed by atoms with Crippen LogP contribution in [0.2, 0.25) is 0 Å². The van der Waals surface area contributed by atoms with E-state index in [1.54, 1.807) is 0 Å². The minimum Gasteiger partial charge on any atom is -0.491 e. The predicted molar refractivity (Wildman–Crippen MR) is 64.4 cm³/mol. The lowest BCUT2D eigenvalue weighted by atomic mass is 10.1. The zero-order valence-corrected chi connectivity index (χ0v) is 10.4. The fourth-order valence-corrected chi connectivity index (χ4v) is 1.45.